The van der Waals surface area contributed by atoms with Gasteiger partial charge in [0, 0.05) is 6.07 Å². The van der Waals surface area contributed by atoms with E-state index >= 15 is 0 Å². The van der Waals surface area contributed by atoms with E-state index in [4.69, 9.17) is 14.2 Å². The zero-order valence-corrected chi connectivity index (χ0v) is 15.8. The zero-order chi connectivity index (χ0) is 20.7. The highest BCUT2D eigenvalue weighted by Gasteiger charge is 2.18. The molecule has 0 aromatic heterocycles. The lowest BCUT2D eigenvalue weighted by atomic mass is 10.1. The van der Waals surface area contributed by atoms with Gasteiger partial charge >= 0.3 is 18.0 Å². The van der Waals surface area contributed by atoms with E-state index in [-0.39, 0.29) is 16.8 Å². The minimum Gasteiger partial charge on any atom is -0.497 e. The standard InChI is InChI=1S/C19H20N2O7/c1-25-12-6-8-16(26-2)15(10-12)21-19(24)20-14-9-11(17(22)27-3)5-7-13(14)18(23)28-4/h5-10H,1-4H3,(H2,20,21,24). The van der Waals surface area contributed by atoms with Crippen molar-refractivity contribution >= 4 is 29.3 Å². The number of benzene rings is 2. The summed E-state index contributed by atoms with van der Waals surface area (Å²) in [6.07, 6.45) is 0. The molecule has 0 unspecified atom stereocenters. The van der Waals surface area contributed by atoms with Crippen LogP contribution in [0.15, 0.2) is 36.4 Å². The molecule has 2 rings (SSSR count). The highest BCUT2D eigenvalue weighted by Crippen LogP contribution is 2.29. The van der Waals surface area contributed by atoms with E-state index in [9.17, 15) is 14.4 Å². The van der Waals surface area contributed by atoms with E-state index in [0.29, 0.717) is 17.2 Å². The molecule has 2 aromatic carbocycles. The highest BCUT2D eigenvalue weighted by molar-refractivity contribution is 6.06. The summed E-state index contributed by atoms with van der Waals surface area (Å²) in [4.78, 5) is 36.2. The molecule has 0 heterocycles. The molecule has 2 N–H and O–H groups in total. The van der Waals surface area contributed by atoms with Crippen molar-refractivity contribution in [2.45, 2.75) is 0 Å². The summed E-state index contributed by atoms with van der Waals surface area (Å²) in [5, 5.41) is 5.14. The Morgan fingerprint density at radius 3 is 2.04 bits per heavy atom. The lowest BCUT2D eigenvalue weighted by Crippen LogP contribution is -2.22. The molecule has 0 saturated heterocycles. The Balaban J connectivity index is 2.32. The van der Waals surface area contributed by atoms with Crippen LogP contribution < -0.4 is 20.1 Å². The molecule has 2 aromatic rings. The fraction of sp³-hybridized carbons (Fsp3) is 0.211. The van der Waals surface area contributed by atoms with Gasteiger partial charge in [0.2, 0.25) is 0 Å². The number of amides is 2. The van der Waals surface area contributed by atoms with E-state index in [1.807, 2.05) is 0 Å². The van der Waals surface area contributed by atoms with E-state index in [1.54, 1.807) is 18.2 Å². The van der Waals surface area contributed by atoms with Crippen LogP contribution in [0.4, 0.5) is 16.2 Å². The molecule has 9 heteroatoms. The summed E-state index contributed by atoms with van der Waals surface area (Å²) in [7, 11) is 5.39. The molecular formula is C19H20N2O7. The van der Waals surface area contributed by atoms with Gasteiger partial charge in [-0.3, -0.25) is 0 Å². The lowest BCUT2D eigenvalue weighted by molar-refractivity contribution is 0.0587. The number of methoxy groups -OCH3 is 4. The van der Waals surface area contributed by atoms with Crippen molar-refractivity contribution in [2.24, 2.45) is 0 Å². The molecule has 0 atom stereocenters. The van der Waals surface area contributed by atoms with Crippen LogP contribution in [-0.4, -0.2) is 46.4 Å². The van der Waals surface area contributed by atoms with Gasteiger partial charge in [-0.1, -0.05) is 0 Å². The van der Waals surface area contributed by atoms with Crippen LogP contribution in [0.5, 0.6) is 11.5 Å². The SMILES string of the molecule is COC(=O)c1ccc(C(=O)OC)c(NC(=O)Nc2cc(OC)ccc2OC)c1. The predicted molar refractivity (Wildman–Crippen MR) is 101 cm³/mol. The summed E-state index contributed by atoms with van der Waals surface area (Å²) < 4.78 is 19.7. The van der Waals surface area contributed by atoms with Gasteiger partial charge in [0.1, 0.15) is 11.5 Å². The molecule has 0 aliphatic rings. The third kappa shape index (κ3) is 4.70. The minimum atomic E-state index is -0.675. The van der Waals surface area contributed by atoms with Crippen LogP contribution >= 0.6 is 0 Å². The topological polar surface area (TPSA) is 112 Å². The number of urea groups is 1. The Morgan fingerprint density at radius 1 is 0.750 bits per heavy atom. The second kappa shape index (κ2) is 9.26. The van der Waals surface area contributed by atoms with Gasteiger partial charge in [0.05, 0.1) is 50.9 Å². The van der Waals surface area contributed by atoms with E-state index in [1.165, 1.54) is 46.6 Å². The fourth-order valence-corrected chi connectivity index (χ4v) is 2.37. The number of ether oxygens (including phenoxy) is 4. The number of hydrogen-bond donors (Lipinski definition) is 2. The normalized spacial score (nSPS) is 9.86. The van der Waals surface area contributed by atoms with Gasteiger partial charge in [0.15, 0.2) is 0 Å². The molecule has 28 heavy (non-hydrogen) atoms. The average Bonchev–Trinajstić information content (AvgIpc) is 2.72. The van der Waals surface area contributed by atoms with Crippen molar-refractivity contribution in [3.05, 3.63) is 47.5 Å². The monoisotopic (exact) mass is 388 g/mol. The van der Waals surface area contributed by atoms with Gasteiger partial charge in [-0.05, 0) is 30.3 Å². The predicted octanol–water partition coefficient (Wildman–Crippen LogP) is 2.92. The largest absolute Gasteiger partial charge is 0.497 e. The van der Waals surface area contributed by atoms with Gasteiger partial charge in [-0.25, -0.2) is 14.4 Å². The maximum atomic E-state index is 12.5. The number of hydrogen-bond acceptors (Lipinski definition) is 7. The Morgan fingerprint density at radius 2 is 1.43 bits per heavy atom. The van der Waals surface area contributed by atoms with Crippen LogP contribution in [0.1, 0.15) is 20.7 Å². The van der Waals surface area contributed by atoms with E-state index < -0.39 is 18.0 Å². The van der Waals surface area contributed by atoms with Gasteiger partial charge in [0.25, 0.3) is 0 Å². The molecule has 0 aliphatic heterocycles. The molecule has 0 saturated carbocycles. The van der Waals surface area contributed by atoms with E-state index in [2.05, 4.69) is 15.4 Å². The fourth-order valence-electron chi connectivity index (χ4n) is 2.37. The van der Waals surface area contributed by atoms with Crippen LogP contribution in [0.3, 0.4) is 0 Å². The summed E-state index contributed by atoms with van der Waals surface area (Å²) in [6, 6.07) is 8.29. The summed E-state index contributed by atoms with van der Waals surface area (Å²) >= 11 is 0. The number of esters is 2. The summed E-state index contributed by atoms with van der Waals surface area (Å²) in [5.74, 6) is -0.369. The van der Waals surface area contributed by atoms with Crippen molar-refractivity contribution in [3.63, 3.8) is 0 Å². The maximum absolute atomic E-state index is 12.5. The molecular weight excluding hydrogens is 368 g/mol. The van der Waals surface area contributed by atoms with Crippen molar-refractivity contribution < 1.29 is 33.3 Å². The molecule has 0 fully saturated rings. The van der Waals surface area contributed by atoms with Crippen molar-refractivity contribution in [2.75, 3.05) is 39.1 Å². The highest BCUT2D eigenvalue weighted by atomic mass is 16.5. The molecule has 0 aliphatic carbocycles. The second-order valence-corrected chi connectivity index (χ2v) is 5.39. The average molecular weight is 388 g/mol. The van der Waals surface area contributed by atoms with Gasteiger partial charge in [-0.2, -0.15) is 0 Å². The lowest BCUT2D eigenvalue weighted by Gasteiger charge is -2.14. The Kier molecular flexibility index (Phi) is 6.80. The van der Waals surface area contributed by atoms with Crippen LogP contribution in [0.2, 0.25) is 0 Å². The summed E-state index contributed by atoms with van der Waals surface area (Å²) in [6.45, 7) is 0. The van der Waals surface area contributed by atoms with Crippen LogP contribution in [-0.2, 0) is 9.47 Å². The van der Waals surface area contributed by atoms with Crippen molar-refractivity contribution in [3.8, 4) is 11.5 Å². The number of carbonyl (C=O) groups is 3. The summed E-state index contributed by atoms with van der Waals surface area (Å²) in [5.41, 5.74) is 0.657. The van der Waals surface area contributed by atoms with Crippen molar-refractivity contribution in [1.29, 1.82) is 0 Å². The molecule has 148 valence electrons. The van der Waals surface area contributed by atoms with Crippen molar-refractivity contribution in [1.82, 2.24) is 0 Å². The number of nitrogens with one attached hydrogen (secondary N) is 2. The number of carbonyl (C=O) groups excluding carboxylic acids is 3. The molecule has 9 nitrogen and oxygen atoms in total. The third-order valence-corrected chi connectivity index (χ3v) is 3.75. The van der Waals surface area contributed by atoms with Crippen LogP contribution in [0, 0.1) is 0 Å². The first-order valence-electron chi connectivity index (χ1n) is 8.04. The minimum absolute atomic E-state index is 0.0721. The first-order valence-corrected chi connectivity index (χ1v) is 8.04. The second-order valence-electron chi connectivity index (χ2n) is 5.39. The maximum Gasteiger partial charge on any atom is 0.339 e. The van der Waals surface area contributed by atoms with E-state index in [0.717, 1.165) is 0 Å². The Labute approximate surface area is 161 Å². The first-order chi connectivity index (χ1) is 13.4. The van der Waals surface area contributed by atoms with Gasteiger partial charge < -0.3 is 29.6 Å². The number of anilines is 2. The first kappa shape index (κ1) is 20.6. The smallest absolute Gasteiger partial charge is 0.339 e. The molecule has 2 amide bonds. The molecule has 0 radical (unpaired) electrons. The quantitative estimate of drug-likeness (QED) is 0.732. The van der Waals surface area contributed by atoms with Crippen LogP contribution in [0.25, 0.3) is 0 Å². The Hall–Kier alpha value is -3.75. The third-order valence-electron chi connectivity index (χ3n) is 3.75. The van der Waals surface area contributed by atoms with Gasteiger partial charge in [-0.15, -0.1) is 0 Å². The molecule has 0 spiro atoms. The molecule has 0 bridgehead atoms. The Bertz CT molecular complexity index is 896. The number of rotatable bonds is 6. The zero-order valence-electron chi connectivity index (χ0n) is 15.8.